The van der Waals surface area contributed by atoms with Crippen molar-refractivity contribution in [1.82, 2.24) is 25.2 Å². The molecule has 2 saturated heterocycles. The lowest BCUT2D eigenvalue weighted by Gasteiger charge is -2.34. The van der Waals surface area contributed by atoms with Crippen LogP contribution in [0.1, 0.15) is 79.6 Å². The van der Waals surface area contributed by atoms with E-state index in [2.05, 4.69) is 25.2 Å². The predicted molar refractivity (Wildman–Crippen MR) is 218 cm³/mol. The molecule has 19 heteroatoms. The number of aromatic nitrogens is 1. The van der Waals surface area contributed by atoms with Crippen LogP contribution in [-0.2, 0) is 33.9 Å². The van der Waals surface area contributed by atoms with E-state index < -0.39 is 85.9 Å². The van der Waals surface area contributed by atoms with Gasteiger partial charge in [0, 0.05) is 48.1 Å². The first-order valence-electron chi connectivity index (χ1n) is 20.9. The highest BCUT2D eigenvalue weighted by molar-refractivity contribution is 7.91. The van der Waals surface area contributed by atoms with Gasteiger partial charge in [-0.1, -0.05) is 32.1 Å². The number of hydrogen-bond acceptors (Lipinski definition) is 11. The number of allylic oxidation sites excluding steroid dienone is 1. The third-order valence-corrected chi connectivity index (χ3v) is 15.1. The minimum absolute atomic E-state index is 0.0359. The summed E-state index contributed by atoms with van der Waals surface area (Å²) in [7, 11) is -4.08. The second kappa shape index (κ2) is 16.6. The number of carbonyl (C=O) groups excluding carboxylic acids is 4. The van der Waals surface area contributed by atoms with Gasteiger partial charge in [-0.15, -0.1) is 0 Å². The monoisotopic (exact) mass is 876 g/mol. The summed E-state index contributed by atoms with van der Waals surface area (Å²) in [5, 5.41) is 6.76. The zero-order chi connectivity index (χ0) is 44.1. The Balaban J connectivity index is 1.22. The van der Waals surface area contributed by atoms with Crippen LogP contribution in [0.4, 0.5) is 23.7 Å². The van der Waals surface area contributed by atoms with Crippen molar-refractivity contribution in [2.45, 2.75) is 120 Å². The van der Waals surface area contributed by atoms with Crippen LogP contribution >= 0.6 is 0 Å². The molecule has 15 nitrogen and oxygen atoms in total. The fourth-order valence-corrected chi connectivity index (χ4v) is 9.85. The van der Waals surface area contributed by atoms with Gasteiger partial charge < -0.3 is 34.6 Å². The topological polar surface area (TPSA) is 186 Å². The zero-order valence-electron chi connectivity index (χ0n) is 35.0. The Labute approximate surface area is 353 Å². The van der Waals surface area contributed by atoms with Crippen molar-refractivity contribution in [2.24, 2.45) is 17.8 Å². The Bertz CT molecular complexity index is 2180. The number of halogens is 3. The number of morpholine rings is 1. The average Bonchev–Trinajstić information content (AvgIpc) is 4.08. The van der Waals surface area contributed by atoms with Crippen molar-refractivity contribution in [1.29, 1.82) is 0 Å². The average molecular weight is 877 g/mol. The molecule has 61 heavy (non-hydrogen) atoms. The quantitative estimate of drug-likeness (QED) is 0.311. The lowest BCUT2D eigenvalue weighted by atomic mass is 9.88. The van der Waals surface area contributed by atoms with Gasteiger partial charge in [0.1, 0.15) is 23.7 Å². The van der Waals surface area contributed by atoms with Gasteiger partial charge in [0.05, 0.1) is 24.5 Å². The van der Waals surface area contributed by atoms with Gasteiger partial charge in [0.15, 0.2) is 0 Å². The number of alkyl carbamates (subject to hydrolysis) is 1. The van der Waals surface area contributed by atoms with Crippen molar-refractivity contribution in [3.8, 4) is 5.88 Å². The molecule has 7 atom stereocenters. The number of hydrogen-bond donors (Lipinski definition) is 3. The van der Waals surface area contributed by atoms with Crippen molar-refractivity contribution in [2.75, 3.05) is 37.7 Å². The van der Waals surface area contributed by atoms with Gasteiger partial charge in [0.25, 0.3) is 5.91 Å². The normalized spacial score (nSPS) is 29.6. The number of ether oxygens (including phenoxy) is 3. The molecule has 7 rings (SSSR count). The highest BCUT2D eigenvalue weighted by Crippen LogP contribution is 2.48. The molecule has 0 radical (unpaired) electrons. The van der Waals surface area contributed by atoms with Gasteiger partial charge in [-0.05, 0) is 89.3 Å². The Morgan fingerprint density at radius 2 is 1.77 bits per heavy atom. The van der Waals surface area contributed by atoms with E-state index in [0.29, 0.717) is 77.6 Å². The minimum Gasteiger partial charge on any atom is -0.472 e. The number of nitrogens with one attached hydrogen (secondary N) is 3. The third kappa shape index (κ3) is 9.13. The van der Waals surface area contributed by atoms with Crippen molar-refractivity contribution in [3.05, 3.63) is 42.6 Å². The van der Waals surface area contributed by atoms with Gasteiger partial charge >= 0.3 is 12.3 Å². The summed E-state index contributed by atoms with van der Waals surface area (Å²) in [4.78, 5) is 64.6. The number of pyridine rings is 1. The van der Waals surface area contributed by atoms with Crippen LogP contribution in [0.3, 0.4) is 0 Å². The van der Waals surface area contributed by atoms with Crippen LogP contribution in [0.2, 0.25) is 0 Å². The SMILES string of the molecule is CC1CCC=CC2CC2(C(=O)NS(=O)(=O)C2(C)CC2)NC(=O)C2CC(Oc3nccc4c(N5CCOCC5)cccc34)CN2C(=O)C(NC(=O)OC(C)(C)C(F)(F)F)C(C)C1. The maximum Gasteiger partial charge on any atom is 0.427 e. The Morgan fingerprint density at radius 3 is 2.46 bits per heavy atom. The zero-order valence-corrected chi connectivity index (χ0v) is 35.9. The molecule has 4 heterocycles. The van der Waals surface area contributed by atoms with Crippen LogP contribution in [0.5, 0.6) is 5.88 Å². The number of alkyl halides is 3. The van der Waals surface area contributed by atoms with Crippen molar-refractivity contribution < 1.29 is 55.0 Å². The molecule has 7 unspecified atom stereocenters. The maximum atomic E-state index is 14.9. The summed E-state index contributed by atoms with van der Waals surface area (Å²) in [6.45, 7) is 8.90. The smallest absolute Gasteiger partial charge is 0.427 e. The van der Waals surface area contributed by atoms with Crippen LogP contribution < -0.4 is 25.0 Å². The molecule has 334 valence electrons. The van der Waals surface area contributed by atoms with Crippen LogP contribution in [0.25, 0.3) is 10.8 Å². The number of nitrogens with zero attached hydrogens (tertiary/aromatic N) is 3. The lowest BCUT2D eigenvalue weighted by molar-refractivity contribution is -0.244. The van der Waals surface area contributed by atoms with E-state index in [9.17, 15) is 40.8 Å². The number of benzene rings is 1. The molecule has 3 N–H and O–H groups in total. The van der Waals surface area contributed by atoms with Gasteiger partial charge in [-0.3, -0.25) is 19.1 Å². The third-order valence-electron chi connectivity index (χ3n) is 12.9. The number of carbonyl (C=O) groups is 4. The van der Waals surface area contributed by atoms with Crippen LogP contribution in [0.15, 0.2) is 42.6 Å². The van der Waals surface area contributed by atoms with E-state index in [-0.39, 0.29) is 31.2 Å². The molecule has 5 aliphatic rings. The summed E-state index contributed by atoms with van der Waals surface area (Å²) in [6.07, 6.45) is 0.334. The van der Waals surface area contributed by atoms with E-state index in [1.807, 2.05) is 37.3 Å². The molecule has 2 aromatic rings. The van der Waals surface area contributed by atoms with Gasteiger partial charge in [0.2, 0.25) is 33.3 Å². The number of amides is 4. The molecule has 1 aromatic heterocycles. The number of sulfonamides is 1. The highest BCUT2D eigenvalue weighted by Gasteiger charge is 2.63. The van der Waals surface area contributed by atoms with Crippen molar-refractivity contribution >= 4 is 50.3 Å². The molecule has 2 saturated carbocycles. The molecule has 3 aliphatic heterocycles. The van der Waals surface area contributed by atoms with E-state index in [1.54, 1.807) is 26.1 Å². The second-order valence-electron chi connectivity index (χ2n) is 18.1. The van der Waals surface area contributed by atoms with E-state index >= 15 is 0 Å². The molecular weight excluding hydrogens is 822 g/mol. The first-order chi connectivity index (χ1) is 28.6. The standard InChI is InChI=1S/C42H55F3N6O9S/c1-25-9-6-7-10-27-23-41(27,37(54)49-61(56,57)40(5)14-15-40)48-34(52)32-22-28(59-35-30-11-8-12-31(29(30)13-16-46-35)50-17-19-58-20-18-50)24-51(32)36(53)33(26(2)21-25)47-38(55)60-39(3,4)42(43,44)45/h7-8,10-13,16,25-28,32-33H,6,9,14-15,17-24H2,1-5H3,(H,47,55)(H,48,52)(H,49,54). The fraction of sp³-hybridized carbons (Fsp3) is 0.643. The Morgan fingerprint density at radius 1 is 1.05 bits per heavy atom. The van der Waals surface area contributed by atoms with Crippen LogP contribution in [-0.4, -0.2) is 115 Å². The minimum atomic E-state index is -4.91. The molecule has 2 aliphatic carbocycles. The first-order valence-corrected chi connectivity index (χ1v) is 22.4. The summed E-state index contributed by atoms with van der Waals surface area (Å²) in [5.74, 6) is -3.40. The maximum absolute atomic E-state index is 14.9. The summed E-state index contributed by atoms with van der Waals surface area (Å²) in [6, 6.07) is 4.84. The molecule has 0 bridgehead atoms. The second-order valence-corrected chi connectivity index (χ2v) is 20.3. The summed E-state index contributed by atoms with van der Waals surface area (Å²) in [5.41, 5.74) is -3.57. The lowest BCUT2D eigenvalue weighted by Crippen LogP contribution is -2.59. The predicted octanol–water partition coefficient (Wildman–Crippen LogP) is 4.74. The summed E-state index contributed by atoms with van der Waals surface area (Å²) >= 11 is 0. The Kier molecular flexibility index (Phi) is 12.1. The van der Waals surface area contributed by atoms with E-state index in [1.165, 1.54) is 4.90 Å². The fourth-order valence-electron chi connectivity index (χ4n) is 8.54. The number of rotatable bonds is 8. The number of fused-ring (bicyclic) bond motifs is 3. The van der Waals surface area contributed by atoms with Gasteiger partial charge in [-0.25, -0.2) is 18.2 Å². The van der Waals surface area contributed by atoms with Crippen molar-refractivity contribution in [3.63, 3.8) is 0 Å². The summed E-state index contributed by atoms with van der Waals surface area (Å²) < 4.78 is 85.9. The van der Waals surface area contributed by atoms with E-state index in [0.717, 1.165) is 11.1 Å². The number of anilines is 1. The molecule has 4 amide bonds. The molecule has 0 spiro atoms. The van der Waals surface area contributed by atoms with E-state index in [4.69, 9.17) is 14.2 Å². The Hall–Kier alpha value is -4.65. The highest BCUT2D eigenvalue weighted by atomic mass is 32.2. The van der Waals surface area contributed by atoms with Crippen LogP contribution in [0, 0.1) is 17.8 Å². The van der Waals surface area contributed by atoms with Gasteiger partial charge in [-0.2, -0.15) is 13.2 Å². The molecular formula is C42H55F3N6O9S. The largest absolute Gasteiger partial charge is 0.472 e. The first kappa shape index (κ1) is 44.4. The molecule has 1 aromatic carbocycles. The molecule has 4 fully saturated rings.